The molecule has 3 N–H and O–H groups in total. The van der Waals surface area contributed by atoms with Crippen molar-refractivity contribution in [3.05, 3.63) is 65.5 Å². The van der Waals surface area contributed by atoms with Gasteiger partial charge in [-0.15, -0.1) is 24.0 Å². The van der Waals surface area contributed by atoms with E-state index in [0.717, 1.165) is 5.56 Å². The van der Waals surface area contributed by atoms with Crippen LogP contribution < -0.4 is 20.7 Å². The molecule has 0 radical (unpaired) electrons. The minimum absolute atomic E-state index is 0. The predicted molar refractivity (Wildman–Crippen MR) is 120 cm³/mol. The Labute approximate surface area is 190 Å². The Bertz CT molecular complexity index is 820. The van der Waals surface area contributed by atoms with Gasteiger partial charge in [0, 0.05) is 32.2 Å². The van der Waals surface area contributed by atoms with Gasteiger partial charge in [0.15, 0.2) is 5.96 Å². The fourth-order valence-corrected chi connectivity index (χ4v) is 2.49. The number of hydrogen-bond donors (Lipinski definition) is 3. The van der Waals surface area contributed by atoms with Crippen molar-refractivity contribution in [2.24, 2.45) is 4.99 Å². The maximum Gasteiger partial charge on any atom is 0.387 e. The number of nitrogens with one attached hydrogen (secondary N) is 3. The van der Waals surface area contributed by atoms with Crippen LogP contribution in [0, 0.1) is 5.82 Å². The largest absolute Gasteiger partial charge is 0.434 e. The lowest BCUT2D eigenvalue weighted by molar-refractivity contribution is -0.120. The molecule has 0 spiro atoms. The van der Waals surface area contributed by atoms with Crippen molar-refractivity contribution in [2.75, 3.05) is 20.1 Å². The van der Waals surface area contributed by atoms with Gasteiger partial charge in [-0.05, 0) is 23.8 Å². The first-order chi connectivity index (χ1) is 14.0. The topological polar surface area (TPSA) is 74.8 Å². The van der Waals surface area contributed by atoms with Gasteiger partial charge in [-0.25, -0.2) is 4.39 Å². The normalized spacial score (nSPS) is 10.9. The molecule has 6 nitrogen and oxygen atoms in total. The summed E-state index contributed by atoms with van der Waals surface area (Å²) in [6, 6.07) is 12.2. The highest BCUT2D eigenvalue weighted by molar-refractivity contribution is 14.0. The molecule has 0 saturated heterocycles. The summed E-state index contributed by atoms with van der Waals surface area (Å²) < 4.78 is 42.3. The summed E-state index contributed by atoms with van der Waals surface area (Å²) in [6.07, 6.45) is 0.161. The van der Waals surface area contributed by atoms with Crippen LogP contribution in [-0.4, -0.2) is 38.6 Å². The van der Waals surface area contributed by atoms with Gasteiger partial charge in [-0.3, -0.25) is 9.79 Å². The van der Waals surface area contributed by atoms with Crippen molar-refractivity contribution in [3.8, 4) is 5.75 Å². The Kier molecular flexibility index (Phi) is 11.6. The van der Waals surface area contributed by atoms with E-state index < -0.39 is 6.61 Å². The monoisotopic (exact) mass is 536 g/mol. The molecule has 2 rings (SSSR count). The molecule has 30 heavy (non-hydrogen) atoms. The van der Waals surface area contributed by atoms with Crippen LogP contribution in [0.1, 0.15) is 11.1 Å². The van der Waals surface area contributed by atoms with Crippen LogP contribution in [0.3, 0.4) is 0 Å². The number of rotatable bonds is 9. The lowest BCUT2D eigenvalue weighted by Gasteiger charge is -2.14. The number of guanidine groups is 1. The van der Waals surface area contributed by atoms with Crippen molar-refractivity contribution in [2.45, 2.75) is 19.6 Å². The van der Waals surface area contributed by atoms with Gasteiger partial charge in [0.2, 0.25) is 5.91 Å². The molecule has 0 heterocycles. The van der Waals surface area contributed by atoms with Crippen LogP contribution in [0.5, 0.6) is 5.75 Å². The van der Waals surface area contributed by atoms with Crippen molar-refractivity contribution in [1.82, 2.24) is 16.0 Å². The van der Waals surface area contributed by atoms with Crippen molar-refractivity contribution in [3.63, 3.8) is 0 Å². The predicted octanol–water partition coefficient (Wildman–Crippen LogP) is 3.07. The molecule has 0 aliphatic heterocycles. The number of benzene rings is 2. The zero-order chi connectivity index (χ0) is 21.1. The van der Waals surface area contributed by atoms with Gasteiger partial charge in [-0.1, -0.05) is 30.3 Å². The standard InChI is InChI=1S/C20H23F3N4O2.HI/c1-24-20(27-13-15-4-2-3-5-17(15)29-19(22)23)26-11-10-25-18(28)12-14-6-8-16(21)9-7-14;/h2-9,19H,10-13H2,1H3,(H,25,28)(H2,24,26,27);1H. The van der Waals surface area contributed by atoms with E-state index in [2.05, 4.69) is 25.7 Å². The molecule has 0 aromatic heterocycles. The lowest BCUT2D eigenvalue weighted by atomic mass is 10.1. The molecule has 164 valence electrons. The smallest absolute Gasteiger partial charge is 0.387 e. The highest BCUT2D eigenvalue weighted by Crippen LogP contribution is 2.19. The molecule has 0 aliphatic carbocycles. The van der Waals surface area contributed by atoms with Gasteiger partial charge < -0.3 is 20.7 Å². The summed E-state index contributed by atoms with van der Waals surface area (Å²) in [5.74, 6) is 0.0169. The van der Waals surface area contributed by atoms with Gasteiger partial charge >= 0.3 is 6.61 Å². The van der Waals surface area contributed by atoms with Gasteiger partial charge in [0.1, 0.15) is 11.6 Å². The number of nitrogens with zero attached hydrogens (tertiary/aromatic N) is 1. The third-order valence-electron chi connectivity index (χ3n) is 3.88. The third-order valence-corrected chi connectivity index (χ3v) is 3.88. The SMILES string of the molecule is CN=C(NCCNC(=O)Cc1ccc(F)cc1)NCc1ccccc1OC(F)F.I. The van der Waals surface area contributed by atoms with Crippen LogP contribution >= 0.6 is 24.0 Å². The third kappa shape index (κ3) is 9.33. The second-order valence-electron chi connectivity index (χ2n) is 5.99. The summed E-state index contributed by atoms with van der Waals surface area (Å²) in [5.41, 5.74) is 1.28. The number of amides is 1. The quantitative estimate of drug-likeness (QED) is 0.200. The number of alkyl halides is 2. The molecule has 2 aromatic rings. The first-order valence-electron chi connectivity index (χ1n) is 8.96. The molecular weight excluding hydrogens is 512 g/mol. The summed E-state index contributed by atoms with van der Waals surface area (Å²) in [7, 11) is 1.57. The summed E-state index contributed by atoms with van der Waals surface area (Å²) in [4.78, 5) is 15.9. The van der Waals surface area contributed by atoms with E-state index in [4.69, 9.17) is 0 Å². The molecule has 0 fully saturated rings. The van der Waals surface area contributed by atoms with E-state index in [1.165, 1.54) is 18.2 Å². The molecule has 0 atom stereocenters. The average Bonchev–Trinajstić information content (AvgIpc) is 2.70. The van der Waals surface area contributed by atoms with E-state index in [1.54, 1.807) is 37.4 Å². The minimum Gasteiger partial charge on any atom is -0.434 e. The maximum atomic E-state index is 12.9. The molecule has 10 heteroatoms. The zero-order valence-electron chi connectivity index (χ0n) is 16.3. The Morgan fingerprint density at radius 2 is 1.70 bits per heavy atom. The van der Waals surface area contributed by atoms with Crippen LogP contribution in [0.2, 0.25) is 0 Å². The van der Waals surface area contributed by atoms with E-state index in [-0.39, 0.29) is 54.4 Å². The Morgan fingerprint density at radius 3 is 2.37 bits per heavy atom. The number of aliphatic imine (C=N–C) groups is 1. The van der Waals surface area contributed by atoms with Crippen molar-refractivity contribution >= 4 is 35.8 Å². The number of ether oxygens (including phenoxy) is 1. The van der Waals surface area contributed by atoms with Crippen LogP contribution in [0.15, 0.2) is 53.5 Å². The highest BCUT2D eigenvalue weighted by atomic mass is 127. The second-order valence-corrected chi connectivity index (χ2v) is 5.99. The number of para-hydroxylation sites is 1. The first-order valence-corrected chi connectivity index (χ1v) is 8.96. The highest BCUT2D eigenvalue weighted by Gasteiger charge is 2.09. The summed E-state index contributed by atoms with van der Waals surface area (Å²) >= 11 is 0. The second kappa shape index (κ2) is 13.7. The fraction of sp³-hybridized carbons (Fsp3) is 0.300. The first kappa shape index (κ1) is 25.5. The summed E-state index contributed by atoms with van der Waals surface area (Å²) in [5, 5.41) is 8.76. The number of carbonyl (C=O) groups excluding carboxylic acids is 1. The molecule has 0 aliphatic rings. The lowest BCUT2D eigenvalue weighted by Crippen LogP contribution is -2.41. The molecular formula is C20H24F3IN4O2. The average molecular weight is 536 g/mol. The molecule has 2 aromatic carbocycles. The van der Waals surface area contributed by atoms with Crippen LogP contribution in [-0.2, 0) is 17.8 Å². The number of halogens is 4. The Hall–Kier alpha value is -2.50. The Morgan fingerprint density at radius 1 is 1.03 bits per heavy atom. The maximum absolute atomic E-state index is 12.9. The van der Waals surface area contributed by atoms with Crippen LogP contribution in [0.4, 0.5) is 13.2 Å². The van der Waals surface area contributed by atoms with E-state index >= 15 is 0 Å². The van der Waals surface area contributed by atoms with Gasteiger partial charge in [0.25, 0.3) is 0 Å². The number of carbonyl (C=O) groups is 1. The molecule has 1 amide bonds. The van der Waals surface area contributed by atoms with Crippen molar-refractivity contribution in [1.29, 1.82) is 0 Å². The zero-order valence-corrected chi connectivity index (χ0v) is 18.7. The van der Waals surface area contributed by atoms with Crippen molar-refractivity contribution < 1.29 is 22.7 Å². The fourth-order valence-electron chi connectivity index (χ4n) is 2.49. The number of hydrogen-bond acceptors (Lipinski definition) is 3. The van der Waals surface area contributed by atoms with Crippen LogP contribution in [0.25, 0.3) is 0 Å². The molecule has 0 saturated carbocycles. The van der Waals surface area contributed by atoms with E-state index in [0.29, 0.717) is 24.6 Å². The van der Waals surface area contributed by atoms with E-state index in [9.17, 15) is 18.0 Å². The van der Waals surface area contributed by atoms with E-state index in [1.807, 2.05) is 0 Å². The minimum atomic E-state index is -2.90. The van der Waals surface area contributed by atoms with Gasteiger partial charge in [-0.2, -0.15) is 8.78 Å². The molecule has 0 bridgehead atoms. The summed E-state index contributed by atoms with van der Waals surface area (Å²) in [6.45, 7) is -1.90. The Balaban J connectivity index is 0.00000450. The molecule has 0 unspecified atom stereocenters. The van der Waals surface area contributed by atoms with Gasteiger partial charge in [0.05, 0.1) is 6.42 Å².